The van der Waals surface area contributed by atoms with Gasteiger partial charge in [0.2, 0.25) is 0 Å². The third kappa shape index (κ3) is 3.29. The van der Waals surface area contributed by atoms with Gasteiger partial charge in [-0.15, -0.1) is 0 Å². The van der Waals surface area contributed by atoms with Gasteiger partial charge in [0, 0.05) is 6.42 Å². The Balaban J connectivity index is 2.06. The number of rotatable bonds is 6. The molecule has 20 heavy (non-hydrogen) atoms. The zero-order valence-electron chi connectivity index (χ0n) is 12.6. The van der Waals surface area contributed by atoms with Gasteiger partial charge in [-0.2, -0.15) is 0 Å². The van der Waals surface area contributed by atoms with Gasteiger partial charge >= 0.3 is 0 Å². The molecule has 0 aliphatic heterocycles. The maximum Gasteiger partial charge on any atom is 0.162 e. The van der Waals surface area contributed by atoms with Gasteiger partial charge in [-0.05, 0) is 42.2 Å². The molecule has 0 saturated heterocycles. The highest BCUT2D eigenvalue weighted by Crippen LogP contribution is 2.34. The highest BCUT2D eigenvalue weighted by atomic mass is 16.3. The van der Waals surface area contributed by atoms with Gasteiger partial charge in [0.1, 0.15) is 6.10 Å². The minimum Gasteiger partial charge on any atom is -0.385 e. The largest absolute Gasteiger partial charge is 0.385 e. The second kappa shape index (κ2) is 7.03. The van der Waals surface area contributed by atoms with Crippen molar-refractivity contribution in [2.75, 3.05) is 0 Å². The Hall–Kier alpha value is -1.15. The summed E-state index contributed by atoms with van der Waals surface area (Å²) in [5.41, 5.74) is 2.71. The summed E-state index contributed by atoms with van der Waals surface area (Å²) in [7, 11) is 0. The second-order valence-corrected chi connectivity index (χ2v) is 5.98. The lowest BCUT2D eigenvalue weighted by atomic mass is 9.78. The zero-order chi connectivity index (χ0) is 14.5. The van der Waals surface area contributed by atoms with Crippen LogP contribution in [0.15, 0.2) is 24.3 Å². The van der Waals surface area contributed by atoms with Crippen molar-refractivity contribution in [2.45, 2.75) is 64.4 Å². The van der Waals surface area contributed by atoms with Gasteiger partial charge in [-0.25, -0.2) is 0 Å². The average Bonchev–Trinajstić information content (AvgIpc) is 2.48. The SMILES string of the molecule is CCC(CC)C(O)C(=O)CC1CCCc2ccccc21. The number of fused-ring (bicyclic) bond motifs is 1. The number of ketones is 1. The smallest absolute Gasteiger partial charge is 0.162 e. The topological polar surface area (TPSA) is 37.3 Å². The van der Waals surface area contributed by atoms with Crippen LogP contribution in [-0.2, 0) is 11.2 Å². The second-order valence-electron chi connectivity index (χ2n) is 5.98. The molecule has 0 fully saturated rings. The maximum absolute atomic E-state index is 12.3. The number of carbonyl (C=O) groups excluding carboxylic acids is 1. The van der Waals surface area contributed by atoms with Crippen LogP contribution in [0.4, 0.5) is 0 Å². The summed E-state index contributed by atoms with van der Waals surface area (Å²) >= 11 is 0. The lowest BCUT2D eigenvalue weighted by Gasteiger charge is -2.27. The van der Waals surface area contributed by atoms with Crippen LogP contribution in [0.3, 0.4) is 0 Å². The molecule has 2 rings (SSSR count). The summed E-state index contributed by atoms with van der Waals surface area (Å²) in [6, 6.07) is 8.44. The molecule has 0 bridgehead atoms. The molecular formula is C18H26O2. The first-order valence-corrected chi connectivity index (χ1v) is 7.95. The molecule has 0 radical (unpaired) electrons. The highest BCUT2D eigenvalue weighted by molar-refractivity contribution is 5.84. The van der Waals surface area contributed by atoms with Crippen LogP contribution in [0.1, 0.15) is 63.0 Å². The van der Waals surface area contributed by atoms with Crippen LogP contribution in [0.5, 0.6) is 0 Å². The number of aliphatic hydroxyl groups is 1. The molecule has 1 aliphatic carbocycles. The van der Waals surface area contributed by atoms with E-state index in [1.54, 1.807) is 0 Å². The third-order valence-corrected chi connectivity index (χ3v) is 4.77. The normalized spacial score (nSPS) is 19.7. The van der Waals surface area contributed by atoms with Gasteiger partial charge in [0.15, 0.2) is 5.78 Å². The van der Waals surface area contributed by atoms with Gasteiger partial charge in [-0.3, -0.25) is 4.79 Å². The van der Waals surface area contributed by atoms with Gasteiger partial charge in [-0.1, -0.05) is 51.0 Å². The predicted molar refractivity (Wildman–Crippen MR) is 81.8 cm³/mol. The molecule has 1 aromatic rings. The molecule has 1 aliphatic rings. The van der Waals surface area contributed by atoms with E-state index in [9.17, 15) is 9.90 Å². The summed E-state index contributed by atoms with van der Waals surface area (Å²) in [6.07, 6.45) is 4.79. The van der Waals surface area contributed by atoms with Crippen LogP contribution in [0.25, 0.3) is 0 Å². The fraction of sp³-hybridized carbons (Fsp3) is 0.611. The van der Waals surface area contributed by atoms with Crippen molar-refractivity contribution >= 4 is 5.78 Å². The number of Topliss-reactive ketones (excluding diaryl/α,β-unsaturated/α-hetero) is 1. The molecule has 0 spiro atoms. The number of aryl methyl sites for hydroxylation is 1. The van der Waals surface area contributed by atoms with Crippen molar-refractivity contribution in [3.63, 3.8) is 0 Å². The van der Waals surface area contributed by atoms with Gasteiger partial charge in [0.05, 0.1) is 0 Å². The van der Waals surface area contributed by atoms with Crippen LogP contribution in [-0.4, -0.2) is 17.0 Å². The molecule has 0 aromatic heterocycles. The molecular weight excluding hydrogens is 248 g/mol. The van der Waals surface area contributed by atoms with Crippen molar-refractivity contribution in [3.05, 3.63) is 35.4 Å². The van der Waals surface area contributed by atoms with E-state index in [1.807, 2.05) is 13.8 Å². The van der Waals surface area contributed by atoms with E-state index in [2.05, 4.69) is 24.3 Å². The summed E-state index contributed by atoms with van der Waals surface area (Å²) in [5, 5.41) is 10.2. The summed E-state index contributed by atoms with van der Waals surface area (Å²) in [6.45, 7) is 4.08. The molecule has 2 nitrogen and oxygen atoms in total. The molecule has 0 amide bonds. The Kier molecular flexibility index (Phi) is 5.36. The van der Waals surface area contributed by atoms with E-state index in [1.165, 1.54) is 11.1 Å². The van der Waals surface area contributed by atoms with E-state index in [-0.39, 0.29) is 11.7 Å². The van der Waals surface area contributed by atoms with E-state index in [0.29, 0.717) is 12.3 Å². The quantitative estimate of drug-likeness (QED) is 0.855. The minimum atomic E-state index is -0.779. The fourth-order valence-corrected chi connectivity index (χ4v) is 3.43. The van der Waals surface area contributed by atoms with Crippen molar-refractivity contribution in [3.8, 4) is 0 Å². The molecule has 2 atom stereocenters. The molecule has 1 aromatic carbocycles. The number of carbonyl (C=O) groups is 1. The van der Waals surface area contributed by atoms with Crippen LogP contribution < -0.4 is 0 Å². The van der Waals surface area contributed by atoms with Crippen LogP contribution >= 0.6 is 0 Å². The lowest BCUT2D eigenvalue weighted by Crippen LogP contribution is -2.30. The molecule has 110 valence electrons. The Morgan fingerprint density at radius 1 is 1.30 bits per heavy atom. The Morgan fingerprint density at radius 3 is 2.70 bits per heavy atom. The predicted octanol–water partition coefficient (Wildman–Crippen LogP) is 3.86. The highest BCUT2D eigenvalue weighted by Gasteiger charge is 2.28. The van der Waals surface area contributed by atoms with E-state index in [4.69, 9.17) is 0 Å². The van der Waals surface area contributed by atoms with E-state index < -0.39 is 6.10 Å². The van der Waals surface area contributed by atoms with Crippen molar-refractivity contribution in [1.82, 2.24) is 0 Å². The zero-order valence-corrected chi connectivity index (χ0v) is 12.6. The number of hydrogen-bond donors (Lipinski definition) is 1. The molecule has 0 heterocycles. The summed E-state index contributed by atoms with van der Waals surface area (Å²) < 4.78 is 0. The fourth-order valence-electron chi connectivity index (χ4n) is 3.43. The van der Waals surface area contributed by atoms with E-state index >= 15 is 0 Å². The first-order valence-electron chi connectivity index (χ1n) is 7.95. The Morgan fingerprint density at radius 2 is 2.00 bits per heavy atom. The van der Waals surface area contributed by atoms with Crippen LogP contribution in [0, 0.1) is 5.92 Å². The van der Waals surface area contributed by atoms with E-state index in [0.717, 1.165) is 32.1 Å². The van der Waals surface area contributed by atoms with Gasteiger partial charge in [0.25, 0.3) is 0 Å². The molecule has 2 heteroatoms. The standard InChI is InChI=1S/C18H26O2/c1-3-13(4-2)18(20)17(19)12-15-10-7-9-14-8-5-6-11-16(14)15/h5-6,8,11,13,15,18,20H,3-4,7,9-10,12H2,1-2H3. The van der Waals surface area contributed by atoms with Crippen molar-refractivity contribution in [2.24, 2.45) is 5.92 Å². The Bertz CT molecular complexity index is 448. The third-order valence-electron chi connectivity index (χ3n) is 4.77. The number of aliphatic hydroxyl groups excluding tert-OH is 1. The first-order chi connectivity index (χ1) is 9.67. The number of benzene rings is 1. The first kappa shape index (κ1) is 15.2. The summed E-state index contributed by atoms with van der Waals surface area (Å²) in [5.74, 6) is 0.443. The molecule has 2 unspecified atom stereocenters. The summed E-state index contributed by atoms with van der Waals surface area (Å²) in [4.78, 5) is 12.3. The van der Waals surface area contributed by atoms with Crippen LogP contribution in [0.2, 0.25) is 0 Å². The average molecular weight is 274 g/mol. The van der Waals surface area contributed by atoms with Gasteiger partial charge < -0.3 is 5.11 Å². The van der Waals surface area contributed by atoms with Crippen molar-refractivity contribution < 1.29 is 9.90 Å². The molecule has 1 N–H and O–H groups in total. The monoisotopic (exact) mass is 274 g/mol. The van der Waals surface area contributed by atoms with Crippen molar-refractivity contribution in [1.29, 1.82) is 0 Å². The maximum atomic E-state index is 12.3. The Labute approximate surface area is 122 Å². The molecule has 0 saturated carbocycles. The minimum absolute atomic E-state index is 0.0282. The lowest BCUT2D eigenvalue weighted by molar-refractivity contribution is -0.130. The number of hydrogen-bond acceptors (Lipinski definition) is 2.